The fraction of sp³-hybridized carbons (Fsp3) is 0. The van der Waals surface area contributed by atoms with E-state index in [2.05, 4.69) is 9.44 Å². The van der Waals surface area contributed by atoms with E-state index in [1.54, 1.807) is 0 Å². The van der Waals surface area contributed by atoms with Crippen molar-refractivity contribution in [2.45, 2.75) is 9.79 Å². The van der Waals surface area contributed by atoms with Crippen LogP contribution in [-0.4, -0.2) is 16.8 Å². The Balaban J connectivity index is 1.91. The second-order valence-electron chi connectivity index (χ2n) is 5.66. The lowest BCUT2D eigenvalue weighted by molar-refractivity contribution is 0.597. The number of sulfonamides is 2. The molecule has 3 aromatic rings. The zero-order valence-corrected chi connectivity index (χ0v) is 15.8. The quantitative estimate of drug-likeness (QED) is 0.633. The Bertz CT molecular complexity index is 1100. The molecule has 0 aromatic heterocycles. The predicted molar refractivity (Wildman–Crippen MR) is 101 cm³/mol. The summed E-state index contributed by atoms with van der Waals surface area (Å²) < 4.78 is 80.5. The van der Waals surface area contributed by atoms with Gasteiger partial charge in [0.05, 0.1) is 21.2 Å². The van der Waals surface area contributed by atoms with Crippen molar-refractivity contribution in [2.24, 2.45) is 0 Å². The SMILES string of the molecule is O=S(=O)(Nc1ccccc1NS(=O)(=O)c1ccc(F)cc1)c1ccc(F)cc1. The molecule has 0 bridgehead atoms. The van der Waals surface area contributed by atoms with Gasteiger partial charge in [-0.15, -0.1) is 0 Å². The van der Waals surface area contributed by atoms with Gasteiger partial charge < -0.3 is 0 Å². The number of para-hydroxylation sites is 2. The van der Waals surface area contributed by atoms with Crippen LogP contribution in [0.2, 0.25) is 0 Å². The number of nitrogens with one attached hydrogen (secondary N) is 2. The molecule has 0 spiro atoms. The van der Waals surface area contributed by atoms with Crippen LogP contribution in [0.4, 0.5) is 20.2 Å². The minimum absolute atomic E-state index is 0.0301. The van der Waals surface area contributed by atoms with Crippen LogP contribution in [0.1, 0.15) is 0 Å². The highest BCUT2D eigenvalue weighted by Crippen LogP contribution is 2.27. The van der Waals surface area contributed by atoms with Gasteiger partial charge in [-0.25, -0.2) is 25.6 Å². The number of halogens is 2. The summed E-state index contributed by atoms with van der Waals surface area (Å²) in [5.41, 5.74) is -0.0602. The van der Waals surface area contributed by atoms with E-state index in [0.29, 0.717) is 0 Å². The van der Waals surface area contributed by atoms with Crippen molar-refractivity contribution in [3.63, 3.8) is 0 Å². The average Bonchev–Trinajstić information content (AvgIpc) is 2.64. The Morgan fingerprint density at radius 1 is 0.536 bits per heavy atom. The topological polar surface area (TPSA) is 92.3 Å². The fourth-order valence-corrected chi connectivity index (χ4v) is 4.46. The van der Waals surface area contributed by atoms with Gasteiger partial charge in [0.2, 0.25) is 0 Å². The van der Waals surface area contributed by atoms with Crippen molar-refractivity contribution < 1.29 is 25.6 Å². The third-order valence-electron chi connectivity index (χ3n) is 3.66. The number of benzene rings is 3. The lowest BCUT2D eigenvalue weighted by Crippen LogP contribution is -2.17. The highest BCUT2D eigenvalue weighted by Gasteiger charge is 2.19. The number of hydrogen-bond acceptors (Lipinski definition) is 4. The van der Waals surface area contributed by atoms with Gasteiger partial charge >= 0.3 is 0 Å². The highest BCUT2D eigenvalue weighted by atomic mass is 32.2. The zero-order valence-electron chi connectivity index (χ0n) is 14.1. The Labute approximate surface area is 160 Å². The monoisotopic (exact) mass is 424 g/mol. The van der Waals surface area contributed by atoms with Gasteiger partial charge in [-0.3, -0.25) is 9.44 Å². The van der Waals surface area contributed by atoms with Crippen molar-refractivity contribution in [3.05, 3.63) is 84.4 Å². The Hall–Kier alpha value is -2.98. The summed E-state index contributed by atoms with van der Waals surface area (Å²) in [6.07, 6.45) is 0. The standard InChI is InChI=1S/C18H14F2N2O4S2/c19-13-5-9-15(10-6-13)27(23,24)21-17-3-1-2-4-18(17)22-28(25,26)16-11-7-14(20)8-12-16/h1-12,21-22H. The van der Waals surface area contributed by atoms with Crippen molar-refractivity contribution in [1.82, 2.24) is 0 Å². The number of hydrogen-bond donors (Lipinski definition) is 2. The van der Waals surface area contributed by atoms with E-state index in [1.807, 2.05) is 0 Å². The third kappa shape index (κ3) is 4.46. The van der Waals surface area contributed by atoms with E-state index in [4.69, 9.17) is 0 Å². The van der Waals surface area contributed by atoms with Crippen molar-refractivity contribution in [2.75, 3.05) is 9.44 Å². The molecule has 0 unspecified atom stereocenters. The highest BCUT2D eigenvalue weighted by molar-refractivity contribution is 7.93. The lowest BCUT2D eigenvalue weighted by atomic mass is 10.3. The molecule has 0 heterocycles. The molecule has 0 aliphatic carbocycles. The molecule has 0 atom stereocenters. The van der Waals surface area contributed by atoms with Crippen molar-refractivity contribution in [3.8, 4) is 0 Å². The molecule has 2 N–H and O–H groups in total. The van der Waals surface area contributed by atoms with Crippen LogP contribution in [0.5, 0.6) is 0 Å². The first-order chi connectivity index (χ1) is 13.2. The molecule has 10 heteroatoms. The lowest BCUT2D eigenvalue weighted by Gasteiger charge is -2.14. The first-order valence-electron chi connectivity index (χ1n) is 7.83. The second kappa shape index (κ2) is 7.56. The molecule has 28 heavy (non-hydrogen) atoms. The molecule has 0 radical (unpaired) electrons. The summed E-state index contributed by atoms with van der Waals surface area (Å²) in [4.78, 5) is -0.379. The van der Waals surface area contributed by atoms with Gasteiger partial charge in [-0.1, -0.05) is 12.1 Å². The Morgan fingerprint density at radius 3 is 1.18 bits per heavy atom. The summed E-state index contributed by atoms with van der Waals surface area (Å²) in [6.45, 7) is 0. The van der Waals surface area contributed by atoms with E-state index in [0.717, 1.165) is 48.5 Å². The first kappa shape index (κ1) is 19.8. The molecular weight excluding hydrogens is 410 g/mol. The van der Waals surface area contributed by atoms with E-state index in [1.165, 1.54) is 24.3 Å². The molecular formula is C18H14F2N2O4S2. The maximum atomic E-state index is 13.0. The minimum Gasteiger partial charge on any atom is -0.277 e. The molecule has 3 rings (SSSR count). The largest absolute Gasteiger partial charge is 0.277 e. The van der Waals surface area contributed by atoms with Crippen LogP contribution < -0.4 is 9.44 Å². The van der Waals surface area contributed by atoms with Crippen molar-refractivity contribution >= 4 is 31.4 Å². The van der Waals surface area contributed by atoms with Crippen LogP contribution >= 0.6 is 0 Å². The van der Waals surface area contributed by atoms with E-state index in [-0.39, 0.29) is 21.2 Å². The molecule has 3 aromatic carbocycles. The summed E-state index contributed by atoms with van der Waals surface area (Å²) in [6, 6.07) is 14.1. The van der Waals surface area contributed by atoms with Gasteiger partial charge in [0.15, 0.2) is 0 Å². The summed E-state index contributed by atoms with van der Waals surface area (Å²) in [5.74, 6) is -1.18. The summed E-state index contributed by atoms with van der Waals surface area (Å²) >= 11 is 0. The molecule has 0 saturated carbocycles. The number of anilines is 2. The maximum Gasteiger partial charge on any atom is 0.261 e. The molecule has 0 fully saturated rings. The maximum absolute atomic E-state index is 13.0. The summed E-state index contributed by atoms with van der Waals surface area (Å²) in [7, 11) is -8.16. The van der Waals surface area contributed by atoms with E-state index < -0.39 is 31.7 Å². The van der Waals surface area contributed by atoms with E-state index in [9.17, 15) is 25.6 Å². The Morgan fingerprint density at radius 2 is 0.857 bits per heavy atom. The van der Waals surface area contributed by atoms with Crippen LogP contribution in [0.15, 0.2) is 82.6 Å². The number of rotatable bonds is 6. The van der Waals surface area contributed by atoms with Gasteiger partial charge in [-0.05, 0) is 60.7 Å². The molecule has 146 valence electrons. The van der Waals surface area contributed by atoms with Crippen LogP contribution in [0.3, 0.4) is 0 Å². The second-order valence-corrected chi connectivity index (χ2v) is 9.03. The van der Waals surface area contributed by atoms with Gasteiger partial charge in [0.25, 0.3) is 20.0 Å². The fourth-order valence-electron chi connectivity index (χ4n) is 2.30. The van der Waals surface area contributed by atoms with Crippen LogP contribution in [0, 0.1) is 11.6 Å². The molecule has 6 nitrogen and oxygen atoms in total. The van der Waals surface area contributed by atoms with Crippen molar-refractivity contribution in [1.29, 1.82) is 0 Å². The van der Waals surface area contributed by atoms with E-state index >= 15 is 0 Å². The van der Waals surface area contributed by atoms with Crippen LogP contribution in [0.25, 0.3) is 0 Å². The Kier molecular flexibility index (Phi) is 5.34. The van der Waals surface area contributed by atoms with Crippen LogP contribution in [-0.2, 0) is 20.0 Å². The summed E-state index contributed by atoms with van der Waals surface area (Å²) in [5, 5.41) is 0. The molecule has 0 aliphatic heterocycles. The smallest absolute Gasteiger partial charge is 0.261 e. The zero-order chi connectivity index (χ0) is 20.4. The molecule has 0 amide bonds. The van der Waals surface area contributed by atoms with Gasteiger partial charge in [0.1, 0.15) is 11.6 Å². The molecule has 0 aliphatic rings. The predicted octanol–water partition coefficient (Wildman–Crippen LogP) is 3.57. The van der Waals surface area contributed by atoms with Gasteiger partial charge in [0, 0.05) is 0 Å². The average molecular weight is 424 g/mol. The minimum atomic E-state index is -4.08. The first-order valence-corrected chi connectivity index (χ1v) is 10.8. The third-order valence-corrected chi connectivity index (χ3v) is 6.43. The molecule has 0 saturated heterocycles. The normalized spacial score (nSPS) is 11.8. The van der Waals surface area contributed by atoms with Gasteiger partial charge in [-0.2, -0.15) is 0 Å².